The second kappa shape index (κ2) is 12.7. The summed E-state index contributed by atoms with van der Waals surface area (Å²) in [6, 6.07) is 24.8. The van der Waals surface area contributed by atoms with Crippen molar-refractivity contribution in [3.05, 3.63) is 90.6 Å². The molecule has 2 saturated heterocycles. The number of hydrogen-bond donors (Lipinski definition) is 0. The molecule has 2 aliphatic rings. The summed E-state index contributed by atoms with van der Waals surface area (Å²) in [4.78, 5) is 21.6. The van der Waals surface area contributed by atoms with Gasteiger partial charge in [-0.15, -0.1) is 0 Å². The Morgan fingerprint density at radius 1 is 0.884 bits per heavy atom. The molecule has 0 aliphatic carbocycles. The SMILES string of the molecule is CCOC(=O)C1CCN(c2cccc3cc(S(=O)(=O)c4cccc(N5CCC(OCc6ccccc6)C5)c4)cnc23)CC1. The van der Waals surface area contributed by atoms with E-state index in [0.717, 1.165) is 53.6 Å². The Morgan fingerprint density at radius 3 is 2.44 bits per heavy atom. The minimum absolute atomic E-state index is 0.0834. The lowest BCUT2D eigenvalue weighted by molar-refractivity contribution is -0.148. The number of carbonyl (C=O) groups excluding carboxylic acids is 1. The zero-order chi connectivity index (χ0) is 29.8. The average Bonchev–Trinajstić information content (AvgIpc) is 3.53. The molecule has 0 N–H and O–H groups in total. The lowest BCUT2D eigenvalue weighted by atomic mass is 9.96. The molecule has 1 unspecified atom stereocenters. The molecule has 0 saturated carbocycles. The number of anilines is 2. The van der Waals surface area contributed by atoms with Crippen LogP contribution in [0.15, 0.2) is 94.9 Å². The smallest absolute Gasteiger partial charge is 0.309 e. The molecule has 0 spiro atoms. The third-order valence-electron chi connectivity index (χ3n) is 8.40. The van der Waals surface area contributed by atoms with Gasteiger partial charge in [-0.05, 0) is 62.1 Å². The van der Waals surface area contributed by atoms with Crippen molar-refractivity contribution in [1.29, 1.82) is 0 Å². The van der Waals surface area contributed by atoms with E-state index in [0.29, 0.717) is 32.8 Å². The third kappa shape index (κ3) is 6.38. The van der Waals surface area contributed by atoms with Crippen LogP contribution in [0.2, 0.25) is 0 Å². The maximum absolute atomic E-state index is 13.8. The molecular formula is C34H37N3O5S. The summed E-state index contributed by atoms with van der Waals surface area (Å²) in [5.74, 6) is -0.210. The van der Waals surface area contributed by atoms with Crippen LogP contribution >= 0.6 is 0 Å². The summed E-state index contributed by atoms with van der Waals surface area (Å²) in [5, 5.41) is 0.764. The lowest BCUT2D eigenvalue weighted by Gasteiger charge is -2.33. The van der Waals surface area contributed by atoms with Crippen LogP contribution in [0.3, 0.4) is 0 Å². The number of nitrogens with zero attached hydrogens (tertiary/aromatic N) is 3. The van der Waals surface area contributed by atoms with Gasteiger partial charge in [0.05, 0.1) is 46.2 Å². The molecular weight excluding hydrogens is 562 g/mol. The minimum atomic E-state index is -3.79. The van der Waals surface area contributed by atoms with Crippen molar-refractivity contribution < 1.29 is 22.7 Å². The quantitative estimate of drug-likeness (QED) is 0.228. The Morgan fingerprint density at radius 2 is 1.65 bits per heavy atom. The van der Waals surface area contributed by atoms with E-state index < -0.39 is 9.84 Å². The largest absolute Gasteiger partial charge is 0.466 e. The Bertz CT molecular complexity index is 1690. The first-order chi connectivity index (χ1) is 20.9. The lowest BCUT2D eigenvalue weighted by Crippen LogP contribution is -2.37. The maximum Gasteiger partial charge on any atom is 0.309 e. The Hall–Kier alpha value is -3.95. The number of fused-ring (bicyclic) bond motifs is 1. The highest BCUT2D eigenvalue weighted by molar-refractivity contribution is 7.91. The van der Waals surface area contributed by atoms with E-state index >= 15 is 0 Å². The van der Waals surface area contributed by atoms with E-state index in [1.54, 1.807) is 24.3 Å². The van der Waals surface area contributed by atoms with E-state index in [-0.39, 0.29) is 27.8 Å². The van der Waals surface area contributed by atoms with Crippen molar-refractivity contribution in [2.45, 2.75) is 48.7 Å². The van der Waals surface area contributed by atoms with Crippen LogP contribution in [0, 0.1) is 5.92 Å². The predicted molar refractivity (Wildman–Crippen MR) is 167 cm³/mol. The van der Waals surface area contributed by atoms with Crippen LogP contribution in [0.4, 0.5) is 11.4 Å². The number of piperidine rings is 1. The zero-order valence-electron chi connectivity index (χ0n) is 24.4. The van der Waals surface area contributed by atoms with Gasteiger partial charge in [0.2, 0.25) is 9.84 Å². The number of aromatic nitrogens is 1. The van der Waals surface area contributed by atoms with Gasteiger partial charge in [-0.2, -0.15) is 0 Å². The van der Waals surface area contributed by atoms with Crippen LogP contribution in [-0.4, -0.2) is 58.3 Å². The molecule has 2 aliphatic heterocycles. The van der Waals surface area contributed by atoms with Gasteiger partial charge in [0.15, 0.2) is 0 Å². The van der Waals surface area contributed by atoms with E-state index in [1.807, 2.05) is 49.4 Å². The molecule has 1 aromatic heterocycles. The van der Waals surface area contributed by atoms with Crippen molar-refractivity contribution in [3.8, 4) is 0 Å². The molecule has 6 rings (SSSR count). The number of hydrogen-bond acceptors (Lipinski definition) is 8. The van der Waals surface area contributed by atoms with Crippen molar-refractivity contribution in [2.75, 3.05) is 42.6 Å². The monoisotopic (exact) mass is 599 g/mol. The second-order valence-electron chi connectivity index (χ2n) is 11.2. The molecule has 3 heterocycles. The van der Waals surface area contributed by atoms with Gasteiger partial charge in [0.25, 0.3) is 0 Å². The Balaban J connectivity index is 1.16. The molecule has 0 bridgehead atoms. The molecule has 224 valence electrons. The fraction of sp³-hybridized carbons (Fsp3) is 0.353. The summed E-state index contributed by atoms with van der Waals surface area (Å²) < 4.78 is 38.9. The first kappa shape index (κ1) is 29.1. The number of benzene rings is 3. The maximum atomic E-state index is 13.8. The van der Waals surface area contributed by atoms with Crippen LogP contribution in [-0.2, 0) is 30.7 Å². The van der Waals surface area contributed by atoms with E-state index in [2.05, 4.69) is 26.9 Å². The Kier molecular flexibility index (Phi) is 8.63. The molecule has 0 radical (unpaired) electrons. The molecule has 1 atom stereocenters. The summed E-state index contributed by atoms with van der Waals surface area (Å²) in [5.41, 5.74) is 3.71. The van der Waals surface area contributed by atoms with Crippen LogP contribution in [0.5, 0.6) is 0 Å². The van der Waals surface area contributed by atoms with Crippen molar-refractivity contribution in [1.82, 2.24) is 4.98 Å². The van der Waals surface area contributed by atoms with Gasteiger partial charge in [0.1, 0.15) is 0 Å². The van der Waals surface area contributed by atoms with Gasteiger partial charge in [0, 0.05) is 43.4 Å². The predicted octanol–water partition coefficient (Wildman–Crippen LogP) is 5.64. The molecule has 9 heteroatoms. The average molecular weight is 600 g/mol. The first-order valence-corrected chi connectivity index (χ1v) is 16.5. The fourth-order valence-corrected chi connectivity index (χ4v) is 7.29. The number of para-hydroxylation sites is 1. The van der Waals surface area contributed by atoms with Gasteiger partial charge in [-0.25, -0.2) is 8.42 Å². The topological polar surface area (TPSA) is 89.0 Å². The third-order valence-corrected chi connectivity index (χ3v) is 10.1. The standard InChI is InChI=1S/C34H37N3O5S/c1-2-41-34(38)26-14-17-36(18-15-26)32-13-6-10-27-20-31(22-35-33(27)32)43(39,40)30-12-7-11-28(21-30)37-19-16-29(23-37)42-24-25-8-4-3-5-9-25/h3-13,20-22,26,29H,2,14-19,23-24H2,1H3. The molecule has 8 nitrogen and oxygen atoms in total. The molecule has 3 aromatic carbocycles. The van der Waals surface area contributed by atoms with Gasteiger partial charge in [-0.1, -0.05) is 48.5 Å². The number of rotatable bonds is 9. The van der Waals surface area contributed by atoms with E-state index in [1.165, 1.54) is 6.20 Å². The second-order valence-corrected chi connectivity index (χ2v) is 13.1. The van der Waals surface area contributed by atoms with E-state index in [9.17, 15) is 13.2 Å². The first-order valence-electron chi connectivity index (χ1n) is 15.0. The van der Waals surface area contributed by atoms with E-state index in [4.69, 9.17) is 9.47 Å². The van der Waals surface area contributed by atoms with Crippen molar-refractivity contribution >= 4 is 38.1 Å². The molecule has 4 aromatic rings. The van der Waals surface area contributed by atoms with Gasteiger partial charge < -0.3 is 19.3 Å². The van der Waals surface area contributed by atoms with Gasteiger partial charge >= 0.3 is 5.97 Å². The summed E-state index contributed by atoms with van der Waals surface area (Å²) in [6.07, 6.45) is 3.88. The zero-order valence-corrected chi connectivity index (χ0v) is 25.2. The Labute approximate surface area is 253 Å². The number of pyridine rings is 1. The fourth-order valence-electron chi connectivity index (χ4n) is 6.01. The normalized spacial score (nSPS) is 17.8. The number of sulfone groups is 1. The summed E-state index contributed by atoms with van der Waals surface area (Å²) >= 11 is 0. The van der Waals surface area contributed by atoms with Crippen LogP contribution in [0.25, 0.3) is 10.9 Å². The highest BCUT2D eigenvalue weighted by Crippen LogP contribution is 2.33. The highest BCUT2D eigenvalue weighted by atomic mass is 32.2. The van der Waals surface area contributed by atoms with Crippen molar-refractivity contribution in [3.63, 3.8) is 0 Å². The van der Waals surface area contributed by atoms with Crippen molar-refractivity contribution in [2.24, 2.45) is 5.92 Å². The molecule has 43 heavy (non-hydrogen) atoms. The number of ether oxygens (including phenoxy) is 2. The van der Waals surface area contributed by atoms with Crippen LogP contribution < -0.4 is 9.80 Å². The number of carbonyl (C=O) groups is 1. The highest BCUT2D eigenvalue weighted by Gasteiger charge is 2.28. The van der Waals surface area contributed by atoms with Gasteiger partial charge in [-0.3, -0.25) is 9.78 Å². The van der Waals surface area contributed by atoms with Crippen LogP contribution in [0.1, 0.15) is 31.7 Å². The number of esters is 1. The molecule has 2 fully saturated rings. The summed E-state index contributed by atoms with van der Waals surface area (Å²) in [7, 11) is -3.79. The minimum Gasteiger partial charge on any atom is -0.466 e. The summed E-state index contributed by atoms with van der Waals surface area (Å²) in [6.45, 7) is 5.73. The molecule has 0 amide bonds.